The first-order chi connectivity index (χ1) is 19.6. The molecule has 0 spiro atoms. The maximum absolute atomic E-state index is 13.7. The summed E-state index contributed by atoms with van der Waals surface area (Å²) >= 11 is 0. The third-order valence-electron chi connectivity index (χ3n) is 8.20. The first-order valence-corrected chi connectivity index (χ1v) is 15.4. The third kappa shape index (κ3) is 5.66. The van der Waals surface area contributed by atoms with Gasteiger partial charge in [-0.2, -0.15) is 9.04 Å². The number of rotatable bonds is 8. The van der Waals surface area contributed by atoms with Crippen LogP contribution in [0, 0.1) is 5.21 Å². The Morgan fingerprint density at radius 3 is 2.44 bits per heavy atom. The zero-order chi connectivity index (χ0) is 29.3. The summed E-state index contributed by atoms with van der Waals surface area (Å²) in [7, 11) is -2.16. The fourth-order valence-corrected chi connectivity index (χ4v) is 7.60. The highest BCUT2D eigenvalue weighted by Gasteiger charge is 2.55. The van der Waals surface area contributed by atoms with Crippen molar-refractivity contribution in [1.29, 1.82) is 0 Å². The molecular formula is C28H36N6O6S. The lowest BCUT2D eigenvalue weighted by Gasteiger charge is -2.34. The molecule has 2 aromatic rings. The van der Waals surface area contributed by atoms with E-state index >= 15 is 0 Å². The van der Waals surface area contributed by atoms with Crippen LogP contribution in [0.1, 0.15) is 36.5 Å². The van der Waals surface area contributed by atoms with Gasteiger partial charge in [0.15, 0.2) is 12.0 Å². The second-order valence-electron chi connectivity index (χ2n) is 10.9. The number of aromatic nitrogens is 1. The molecule has 2 amide bonds. The van der Waals surface area contributed by atoms with Crippen LogP contribution in [0.15, 0.2) is 53.7 Å². The summed E-state index contributed by atoms with van der Waals surface area (Å²) in [5, 5.41) is 14.6. The SMILES string of the molecule is CCCC(NC(=O)c1ccc(N2CCN(C)CC2)cc1)C(=O)N1CCC2C1C(=O)CN2S(=O)(=O)c1cccc[n+]1[O-]. The van der Waals surface area contributed by atoms with E-state index in [1.54, 1.807) is 12.1 Å². The molecule has 1 N–H and O–H groups in total. The Morgan fingerprint density at radius 1 is 1.07 bits per heavy atom. The van der Waals surface area contributed by atoms with Crippen LogP contribution in [0.5, 0.6) is 0 Å². The van der Waals surface area contributed by atoms with Gasteiger partial charge in [-0.1, -0.05) is 13.3 Å². The van der Waals surface area contributed by atoms with E-state index in [0.29, 0.717) is 18.4 Å². The molecule has 3 fully saturated rings. The van der Waals surface area contributed by atoms with Gasteiger partial charge in [0.05, 0.1) is 12.6 Å². The Hall–Kier alpha value is -3.55. The maximum Gasteiger partial charge on any atom is 0.323 e. The minimum Gasteiger partial charge on any atom is -0.618 e. The van der Waals surface area contributed by atoms with Crippen LogP contribution in [-0.2, 0) is 19.6 Å². The second-order valence-corrected chi connectivity index (χ2v) is 12.7. The molecule has 12 nitrogen and oxygen atoms in total. The molecule has 5 rings (SSSR count). The van der Waals surface area contributed by atoms with Crippen molar-refractivity contribution in [3.63, 3.8) is 0 Å². The van der Waals surface area contributed by atoms with Crippen molar-refractivity contribution < 1.29 is 27.5 Å². The third-order valence-corrected chi connectivity index (χ3v) is 10.1. The van der Waals surface area contributed by atoms with Crippen LogP contribution < -0.4 is 14.9 Å². The highest BCUT2D eigenvalue weighted by Crippen LogP contribution is 2.34. The number of Topliss-reactive ketones (excluding diaryl/α,β-unsaturated/α-hetero) is 1. The number of piperazine rings is 1. The number of hydrogen-bond acceptors (Lipinski definition) is 8. The lowest BCUT2D eigenvalue weighted by molar-refractivity contribution is -0.646. The van der Waals surface area contributed by atoms with Crippen LogP contribution in [0.4, 0.5) is 5.69 Å². The van der Waals surface area contributed by atoms with E-state index in [1.807, 2.05) is 19.1 Å². The number of nitrogens with one attached hydrogen (secondary N) is 1. The van der Waals surface area contributed by atoms with Gasteiger partial charge in [-0.25, -0.2) is 8.42 Å². The number of amides is 2. The number of benzene rings is 1. The summed E-state index contributed by atoms with van der Waals surface area (Å²) < 4.78 is 27.9. The number of nitrogens with zero attached hydrogens (tertiary/aromatic N) is 5. The van der Waals surface area contributed by atoms with Crippen molar-refractivity contribution in [3.8, 4) is 0 Å². The molecule has 3 atom stereocenters. The number of fused-ring (bicyclic) bond motifs is 1. The van der Waals surface area contributed by atoms with Crippen LogP contribution in [0.2, 0.25) is 0 Å². The number of ketones is 1. The van der Waals surface area contributed by atoms with Gasteiger partial charge >= 0.3 is 15.0 Å². The van der Waals surface area contributed by atoms with E-state index in [1.165, 1.54) is 23.1 Å². The average Bonchev–Trinajstić information content (AvgIpc) is 3.54. The summed E-state index contributed by atoms with van der Waals surface area (Å²) in [6.07, 6.45) is 2.33. The maximum atomic E-state index is 13.7. The van der Waals surface area contributed by atoms with E-state index in [4.69, 9.17) is 0 Å². The first-order valence-electron chi connectivity index (χ1n) is 14.0. The smallest absolute Gasteiger partial charge is 0.323 e. The standard InChI is InChI=1S/C28H36N6O6S/c1-3-6-22(29-27(36)20-8-10-21(11-9-20)31-17-15-30(2)16-18-31)28(37)32-14-12-23-26(32)24(35)19-34(23)41(39,40)25-7-4-5-13-33(25)38/h4-5,7-11,13,22-23,26H,3,6,12,14-19H2,1-2H3,(H,29,36). The van der Waals surface area contributed by atoms with Crippen LogP contribution in [-0.4, -0.2) is 105 Å². The van der Waals surface area contributed by atoms with Gasteiger partial charge in [-0.3, -0.25) is 14.4 Å². The Morgan fingerprint density at radius 2 is 1.78 bits per heavy atom. The van der Waals surface area contributed by atoms with Gasteiger partial charge in [0.1, 0.15) is 12.1 Å². The zero-order valence-corrected chi connectivity index (χ0v) is 24.1. The lowest BCUT2D eigenvalue weighted by atomic mass is 10.1. The predicted molar refractivity (Wildman–Crippen MR) is 151 cm³/mol. The summed E-state index contributed by atoms with van der Waals surface area (Å²) in [4.78, 5) is 45.8. The molecule has 3 unspecified atom stereocenters. The molecule has 0 bridgehead atoms. The van der Waals surface area contributed by atoms with Gasteiger partial charge in [0.25, 0.3) is 5.91 Å². The van der Waals surface area contributed by atoms with Crippen LogP contribution in [0.3, 0.4) is 0 Å². The van der Waals surface area contributed by atoms with Crippen molar-refractivity contribution in [2.45, 2.75) is 49.3 Å². The quantitative estimate of drug-likeness (QED) is 0.344. The second kappa shape index (κ2) is 11.7. The van der Waals surface area contributed by atoms with Crippen molar-refractivity contribution in [2.24, 2.45) is 0 Å². The molecule has 220 valence electrons. The number of likely N-dealkylation sites (tertiary alicyclic amines) is 1. The van der Waals surface area contributed by atoms with Crippen molar-refractivity contribution in [2.75, 3.05) is 51.2 Å². The number of anilines is 1. The Balaban J connectivity index is 1.28. The van der Waals surface area contributed by atoms with Gasteiger partial charge in [0.2, 0.25) is 5.91 Å². The zero-order valence-electron chi connectivity index (χ0n) is 23.3. The van der Waals surface area contributed by atoms with Crippen molar-refractivity contribution >= 4 is 33.3 Å². The fourth-order valence-electron chi connectivity index (χ4n) is 5.95. The highest BCUT2D eigenvalue weighted by molar-refractivity contribution is 7.89. The Labute approximate surface area is 240 Å². The molecular weight excluding hydrogens is 548 g/mol. The monoisotopic (exact) mass is 584 g/mol. The lowest BCUT2D eigenvalue weighted by Crippen LogP contribution is -2.52. The van der Waals surface area contributed by atoms with E-state index in [0.717, 1.165) is 42.4 Å². The van der Waals surface area contributed by atoms with Crippen molar-refractivity contribution in [1.82, 2.24) is 19.4 Å². The predicted octanol–water partition coefficient (Wildman–Crippen LogP) is 0.213. The van der Waals surface area contributed by atoms with Gasteiger partial charge in [-0.05, 0) is 50.2 Å². The van der Waals surface area contributed by atoms with Crippen LogP contribution in [0.25, 0.3) is 0 Å². The average molecular weight is 585 g/mol. The van der Waals surface area contributed by atoms with E-state index < -0.39 is 51.4 Å². The van der Waals surface area contributed by atoms with Crippen LogP contribution >= 0.6 is 0 Å². The minimum atomic E-state index is -4.26. The Kier molecular flexibility index (Phi) is 8.30. The number of hydrogen-bond donors (Lipinski definition) is 1. The Bertz CT molecular complexity index is 1410. The molecule has 41 heavy (non-hydrogen) atoms. The number of carbonyl (C=O) groups excluding carboxylic acids is 3. The van der Waals surface area contributed by atoms with E-state index in [2.05, 4.69) is 22.2 Å². The number of carbonyl (C=O) groups is 3. The molecule has 4 heterocycles. The van der Waals surface area contributed by atoms with E-state index in [-0.39, 0.29) is 23.6 Å². The molecule has 13 heteroatoms. The molecule has 3 aliphatic heterocycles. The number of sulfonamides is 1. The summed E-state index contributed by atoms with van der Waals surface area (Å²) in [5.41, 5.74) is 1.47. The molecule has 0 aliphatic carbocycles. The number of pyridine rings is 1. The molecule has 0 saturated carbocycles. The summed E-state index contributed by atoms with van der Waals surface area (Å²) in [5.74, 6) is -1.20. The van der Waals surface area contributed by atoms with Gasteiger partial charge in [-0.15, -0.1) is 0 Å². The topological polar surface area (TPSA) is 137 Å². The fraction of sp³-hybridized carbons (Fsp3) is 0.500. The first kappa shape index (κ1) is 29.0. The minimum absolute atomic E-state index is 0.175. The van der Waals surface area contributed by atoms with E-state index in [9.17, 15) is 28.0 Å². The molecule has 0 radical (unpaired) electrons. The molecule has 1 aromatic carbocycles. The molecule has 1 aromatic heterocycles. The molecule has 3 aliphatic rings. The van der Waals surface area contributed by atoms with Gasteiger partial charge in [0, 0.05) is 56.1 Å². The normalized spacial score (nSPS) is 22.5. The summed E-state index contributed by atoms with van der Waals surface area (Å²) in [6, 6.07) is 8.79. The largest absolute Gasteiger partial charge is 0.618 e. The van der Waals surface area contributed by atoms with Gasteiger partial charge < -0.3 is 25.2 Å². The number of likely N-dealkylation sites (N-methyl/N-ethyl adjacent to an activating group) is 1. The van der Waals surface area contributed by atoms with Crippen molar-refractivity contribution in [3.05, 3.63) is 59.4 Å². The summed E-state index contributed by atoms with van der Waals surface area (Å²) in [6.45, 7) is 5.42. The molecule has 3 saturated heterocycles. The highest BCUT2D eigenvalue weighted by atomic mass is 32.2.